The van der Waals surface area contributed by atoms with Gasteiger partial charge in [0.2, 0.25) is 0 Å². The number of benzene rings is 1. The molecular formula is C13H13BO2. The van der Waals surface area contributed by atoms with E-state index in [2.05, 4.69) is 6.58 Å². The van der Waals surface area contributed by atoms with Crippen molar-refractivity contribution in [2.75, 3.05) is 0 Å². The summed E-state index contributed by atoms with van der Waals surface area (Å²) < 4.78 is 11.0. The molecule has 0 aromatic heterocycles. The van der Waals surface area contributed by atoms with Crippen LogP contribution in [0.15, 0.2) is 54.8 Å². The highest BCUT2D eigenvalue weighted by molar-refractivity contribution is 6.21. The smallest absolute Gasteiger partial charge is 0.528 e. The van der Waals surface area contributed by atoms with Gasteiger partial charge in [-0.15, -0.1) is 0 Å². The number of allylic oxidation sites excluding steroid dienone is 4. The summed E-state index contributed by atoms with van der Waals surface area (Å²) in [6, 6.07) is 7.91. The Labute approximate surface area is 96.2 Å². The van der Waals surface area contributed by atoms with Gasteiger partial charge in [-0.25, -0.2) is 0 Å². The summed E-state index contributed by atoms with van der Waals surface area (Å²) in [6.07, 6.45) is 5.58. The quantitative estimate of drug-likeness (QED) is 0.666. The minimum Gasteiger partial charge on any atom is -0.528 e. The van der Waals surface area contributed by atoms with E-state index < -0.39 is 0 Å². The van der Waals surface area contributed by atoms with Crippen molar-refractivity contribution in [1.82, 2.24) is 0 Å². The van der Waals surface area contributed by atoms with E-state index in [1.165, 1.54) is 0 Å². The molecule has 0 amide bonds. The van der Waals surface area contributed by atoms with E-state index in [1.807, 2.05) is 43.3 Å². The van der Waals surface area contributed by atoms with Crippen LogP contribution in [0.5, 0.6) is 5.75 Å². The predicted molar refractivity (Wildman–Crippen MR) is 67.2 cm³/mol. The molecule has 1 aromatic rings. The van der Waals surface area contributed by atoms with Crippen LogP contribution in [0.4, 0.5) is 0 Å². The summed E-state index contributed by atoms with van der Waals surface area (Å²) in [5.74, 6) is 1.64. The SMILES string of the molecule is C=C/C=C1/OBOc2ccccc2/C1=C/C. The fraction of sp³-hybridized carbons (Fsp3) is 0.0769. The van der Waals surface area contributed by atoms with Gasteiger partial charge in [0.05, 0.1) is 0 Å². The van der Waals surface area contributed by atoms with Crippen LogP contribution in [0.1, 0.15) is 12.5 Å². The van der Waals surface area contributed by atoms with Gasteiger partial charge < -0.3 is 9.31 Å². The lowest BCUT2D eigenvalue weighted by Crippen LogP contribution is -2.04. The molecule has 0 bridgehead atoms. The van der Waals surface area contributed by atoms with E-state index in [9.17, 15) is 0 Å². The molecule has 16 heavy (non-hydrogen) atoms. The van der Waals surface area contributed by atoms with Gasteiger partial charge in [0.1, 0.15) is 11.5 Å². The highest BCUT2D eigenvalue weighted by Gasteiger charge is 2.18. The highest BCUT2D eigenvalue weighted by atomic mass is 16.6. The summed E-state index contributed by atoms with van der Waals surface area (Å²) in [4.78, 5) is 0. The molecule has 3 heteroatoms. The fourth-order valence-electron chi connectivity index (χ4n) is 1.72. The summed E-state index contributed by atoms with van der Waals surface area (Å²) in [5.41, 5.74) is 2.09. The molecule has 0 N–H and O–H groups in total. The first-order valence-electron chi connectivity index (χ1n) is 5.21. The third-order valence-electron chi connectivity index (χ3n) is 2.43. The first kappa shape index (κ1) is 10.6. The first-order valence-corrected chi connectivity index (χ1v) is 5.21. The Balaban J connectivity index is 2.55. The average molecular weight is 212 g/mol. The zero-order valence-electron chi connectivity index (χ0n) is 9.27. The van der Waals surface area contributed by atoms with Crippen LogP contribution in [0.25, 0.3) is 5.57 Å². The summed E-state index contributed by atoms with van der Waals surface area (Å²) >= 11 is 0. The average Bonchev–Trinajstić information content (AvgIpc) is 2.48. The summed E-state index contributed by atoms with van der Waals surface area (Å²) in [7, 11) is 0.230. The van der Waals surface area contributed by atoms with Crippen molar-refractivity contribution in [2.24, 2.45) is 0 Å². The first-order chi connectivity index (χ1) is 7.86. The fourth-order valence-corrected chi connectivity index (χ4v) is 1.72. The van der Waals surface area contributed by atoms with Crippen LogP contribution in [0.3, 0.4) is 0 Å². The van der Waals surface area contributed by atoms with E-state index in [-0.39, 0.29) is 7.69 Å². The normalized spacial score (nSPS) is 19.1. The van der Waals surface area contributed by atoms with Gasteiger partial charge >= 0.3 is 7.69 Å². The number of rotatable bonds is 1. The standard InChI is InChI=1S/C13H13BO2/c1-3-7-12-10(4-2)11-8-5-6-9-13(11)16-14-15-12/h3-9,14H,1H2,2H3/b10-4-,12-7+. The second-order valence-electron chi connectivity index (χ2n) is 3.37. The van der Waals surface area contributed by atoms with Gasteiger partial charge in [0, 0.05) is 11.1 Å². The Hall–Kier alpha value is -1.90. The minimum atomic E-state index is 0.230. The molecule has 0 saturated carbocycles. The molecule has 1 aliphatic rings. The third-order valence-corrected chi connectivity index (χ3v) is 2.43. The monoisotopic (exact) mass is 212 g/mol. The Kier molecular flexibility index (Phi) is 3.15. The topological polar surface area (TPSA) is 18.5 Å². The molecule has 0 saturated heterocycles. The maximum atomic E-state index is 5.53. The Bertz CT molecular complexity index is 461. The maximum Gasteiger partial charge on any atom is 0.576 e. The van der Waals surface area contributed by atoms with Gasteiger partial charge in [0.25, 0.3) is 0 Å². The van der Waals surface area contributed by atoms with Gasteiger partial charge in [-0.05, 0) is 19.1 Å². The van der Waals surface area contributed by atoms with Crippen LogP contribution in [-0.2, 0) is 4.65 Å². The van der Waals surface area contributed by atoms with Crippen molar-refractivity contribution in [2.45, 2.75) is 6.92 Å². The summed E-state index contributed by atoms with van der Waals surface area (Å²) in [5, 5.41) is 0. The van der Waals surface area contributed by atoms with Crippen LogP contribution in [-0.4, -0.2) is 7.69 Å². The second kappa shape index (κ2) is 4.75. The van der Waals surface area contributed by atoms with Crippen molar-refractivity contribution in [3.8, 4) is 5.75 Å². The zero-order valence-corrected chi connectivity index (χ0v) is 9.27. The van der Waals surface area contributed by atoms with Crippen LogP contribution < -0.4 is 4.65 Å². The molecule has 0 atom stereocenters. The van der Waals surface area contributed by atoms with Crippen LogP contribution >= 0.6 is 0 Å². The number of fused-ring (bicyclic) bond motifs is 1. The largest absolute Gasteiger partial charge is 0.576 e. The Morgan fingerprint density at radius 3 is 2.81 bits per heavy atom. The number of hydrogen-bond donors (Lipinski definition) is 0. The van der Waals surface area contributed by atoms with Crippen molar-refractivity contribution in [1.29, 1.82) is 0 Å². The second-order valence-corrected chi connectivity index (χ2v) is 3.37. The predicted octanol–water partition coefficient (Wildman–Crippen LogP) is 2.84. The van der Waals surface area contributed by atoms with Gasteiger partial charge in [-0.1, -0.05) is 36.9 Å². The molecule has 0 radical (unpaired) electrons. The van der Waals surface area contributed by atoms with E-state index >= 15 is 0 Å². The molecule has 80 valence electrons. The molecule has 0 spiro atoms. The van der Waals surface area contributed by atoms with E-state index in [0.29, 0.717) is 0 Å². The molecule has 2 nitrogen and oxygen atoms in total. The zero-order chi connectivity index (χ0) is 11.4. The Morgan fingerprint density at radius 2 is 2.06 bits per heavy atom. The molecule has 1 aromatic carbocycles. The lowest BCUT2D eigenvalue weighted by Gasteiger charge is -2.08. The van der Waals surface area contributed by atoms with E-state index in [4.69, 9.17) is 9.31 Å². The van der Waals surface area contributed by atoms with Crippen molar-refractivity contribution < 1.29 is 9.31 Å². The lowest BCUT2D eigenvalue weighted by molar-refractivity contribution is 0.399. The molecular weight excluding hydrogens is 199 g/mol. The number of hydrogen-bond acceptors (Lipinski definition) is 2. The molecule has 1 aliphatic heterocycles. The van der Waals surface area contributed by atoms with Crippen LogP contribution in [0, 0.1) is 0 Å². The molecule has 0 fully saturated rings. The highest BCUT2D eigenvalue weighted by Crippen LogP contribution is 2.33. The van der Waals surface area contributed by atoms with Crippen LogP contribution in [0.2, 0.25) is 0 Å². The van der Waals surface area contributed by atoms with E-state index in [1.54, 1.807) is 6.08 Å². The minimum absolute atomic E-state index is 0.230. The van der Waals surface area contributed by atoms with Crippen molar-refractivity contribution >= 4 is 13.3 Å². The van der Waals surface area contributed by atoms with E-state index in [0.717, 1.165) is 22.6 Å². The molecule has 0 aliphatic carbocycles. The van der Waals surface area contributed by atoms with Gasteiger partial charge in [-0.2, -0.15) is 0 Å². The summed E-state index contributed by atoms with van der Waals surface area (Å²) in [6.45, 7) is 5.67. The third kappa shape index (κ3) is 1.89. The Morgan fingerprint density at radius 1 is 1.25 bits per heavy atom. The molecule has 0 unspecified atom stereocenters. The van der Waals surface area contributed by atoms with Crippen molar-refractivity contribution in [3.05, 3.63) is 60.4 Å². The van der Waals surface area contributed by atoms with Gasteiger partial charge in [-0.3, -0.25) is 0 Å². The maximum absolute atomic E-state index is 5.53. The van der Waals surface area contributed by atoms with Gasteiger partial charge in [0.15, 0.2) is 0 Å². The van der Waals surface area contributed by atoms with Crippen molar-refractivity contribution in [3.63, 3.8) is 0 Å². The lowest BCUT2D eigenvalue weighted by atomic mass is 10.0. The molecule has 1 heterocycles. The molecule has 2 rings (SSSR count). The number of para-hydroxylation sites is 1.